The summed E-state index contributed by atoms with van der Waals surface area (Å²) in [4.78, 5) is 7.16. The Morgan fingerprint density at radius 1 is 0.760 bits per heavy atom. The van der Waals surface area contributed by atoms with E-state index in [-0.39, 0.29) is 0 Å². The van der Waals surface area contributed by atoms with Gasteiger partial charge >= 0.3 is 0 Å². The molecule has 0 aliphatic carbocycles. The molecule has 126 valence electrons. The summed E-state index contributed by atoms with van der Waals surface area (Å²) in [6, 6.07) is 20.3. The molecule has 0 atom stereocenters. The summed E-state index contributed by atoms with van der Waals surface area (Å²) < 4.78 is 5.41. The van der Waals surface area contributed by atoms with Crippen LogP contribution in [0.2, 0.25) is 0 Å². The smallest absolute Gasteiger partial charge is 0.165 e. The Balaban J connectivity index is 1.72. The van der Waals surface area contributed by atoms with Gasteiger partial charge in [-0.25, -0.2) is 4.98 Å². The van der Waals surface area contributed by atoms with Gasteiger partial charge in [-0.05, 0) is 0 Å². The highest BCUT2D eigenvalue weighted by molar-refractivity contribution is 5.77. The third kappa shape index (κ3) is 3.73. The van der Waals surface area contributed by atoms with E-state index in [9.17, 15) is 0 Å². The van der Waals surface area contributed by atoms with Crippen molar-refractivity contribution >= 4 is 0 Å². The molecule has 1 aromatic heterocycles. The van der Waals surface area contributed by atoms with Gasteiger partial charge in [-0.1, -0.05) is 60.7 Å². The van der Waals surface area contributed by atoms with Crippen molar-refractivity contribution in [2.45, 2.75) is 6.54 Å². The minimum atomic E-state index is 0.700. The first-order valence-corrected chi connectivity index (χ1v) is 8.55. The molecule has 2 aromatic carbocycles. The van der Waals surface area contributed by atoms with Crippen molar-refractivity contribution in [3.63, 3.8) is 0 Å². The Morgan fingerprint density at radius 3 is 2.00 bits per heavy atom. The molecule has 1 saturated heterocycles. The Bertz CT molecular complexity index is 818. The number of rotatable bonds is 4. The second-order valence-corrected chi connectivity index (χ2v) is 6.05. The van der Waals surface area contributed by atoms with Gasteiger partial charge < -0.3 is 4.74 Å². The zero-order valence-corrected chi connectivity index (χ0v) is 14.0. The summed E-state index contributed by atoms with van der Waals surface area (Å²) in [5.41, 5.74) is 3.78. The molecule has 0 N–H and O–H groups in total. The van der Waals surface area contributed by atoms with Crippen molar-refractivity contribution in [2.75, 3.05) is 26.3 Å². The predicted molar refractivity (Wildman–Crippen MR) is 96.8 cm³/mol. The maximum atomic E-state index is 5.41. The molecule has 4 rings (SSSR count). The minimum absolute atomic E-state index is 0.700. The Kier molecular flexibility index (Phi) is 4.77. The van der Waals surface area contributed by atoms with Gasteiger partial charge in [0.2, 0.25) is 0 Å². The third-order valence-corrected chi connectivity index (χ3v) is 4.29. The van der Waals surface area contributed by atoms with E-state index < -0.39 is 0 Å². The summed E-state index contributed by atoms with van der Waals surface area (Å²) >= 11 is 0. The fourth-order valence-electron chi connectivity index (χ4n) is 2.97. The average Bonchev–Trinajstić information content (AvgIpc) is 2.70. The van der Waals surface area contributed by atoms with Crippen molar-refractivity contribution < 1.29 is 4.74 Å². The molecule has 1 aliphatic heterocycles. The van der Waals surface area contributed by atoms with Crippen LogP contribution in [-0.4, -0.2) is 46.4 Å². The first-order valence-electron chi connectivity index (χ1n) is 8.55. The Labute approximate surface area is 147 Å². The van der Waals surface area contributed by atoms with E-state index in [1.165, 1.54) is 0 Å². The van der Waals surface area contributed by atoms with Crippen LogP contribution >= 0.6 is 0 Å². The quantitative estimate of drug-likeness (QED) is 0.735. The van der Waals surface area contributed by atoms with Crippen LogP contribution in [0.5, 0.6) is 0 Å². The van der Waals surface area contributed by atoms with Crippen LogP contribution in [0.25, 0.3) is 22.5 Å². The lowest BCUT2D eigenvalue weighted by atomic mass is 10.0. The molecule has 1 aliphatic rings. The number of aromatic nitrogens is 3. The lowest BCUT2D eigenvalue weighted by Gasteiger charge is -2.25. The number of benzene rings is 2. The number of hydrogen-bond donors (Lipinski definition) is 0. The maximum absolute atomic E-state index is 5.41. The third-order valence-electron chi connectivity index (χ3n) is 4.29. The first kappa shape index (κ1) is 15.9. The van der Waals surface area contributed by atoms with Crippen molar-refractivity contribution in [2.24, 2.45) is 0 Å². The molecule has 25 heavy (non-hydrogen) atoms. The molecule has 2 heterocycles. The molecule has 1 fully saturated rings. The number of morpholine rings is 1. The highest BCUT2D eigenvalue weighted by atomic mass is 16.5. The van der Waals surface area contributed by atoms with Crippen molar-refractivity contribution in [3.8, 4) is 22.5 Å². The molecule has 0 saturated carbocycles. The zero-order valence-electron chi connectivity index (χ0n) is 14.0. The highest BCUT2D eigenvalue weighted by Crippen LogP contribution is 2.28. The standard InChI is InChI=1S/C20H20N4O/c1-3-7-16(8-4-1)19-20(17-9-5-2-6-10-17)23-22-18(21-19)15-24-11-13-25-14-12-24/h1-10H,11-15H2. The molecule has 5 heteroatoms. The number of nitrogens with zero attached hydrogens (tertiary/aromatic N) is 4. The van der Waals surface area contributed by atoms with E-state index in [1.807, 2.05) is 48.5 Å². The van der Waals surface area contributed by atoms with Gasteiger partial charge in [0, 0.05) is 24.2 Å². The van der Waals surface area contributed by atoms with E-state index in [0.717, 1.165) is 54.6 Å². The largest absolute Gasteiger partial charge is 0.379 e. The molecule has 0 amide bonds. The molecule has 3 aromatic rings. The number of hydrogen-bond acceptors (Lipinski definition) is 5. The van der Waals surface area contributed by atoms with E-state index in [4.69, 9.17) is 9.72 Å². The Morgan fingerprint density at radius 2 is 1.36 bits per heavy atom. The van der Waals surface area contributed by atoms with E-state index in [1.54, 1.807) is 0 Å². The zero-order chi connectivity index (χ0) is 16.9. The van der Waals surface area contributed by atoms with E-state index in [2.05, 4.69) is 27.2 Å². The maximum Gasteiger partial charge on any atom is 0.165 e. The van der Waals surface area contributed by atoms with Crippen molar-refractivity contribution in [1.29, 1.82) is 0 Å². The summed E-state index contributed by atoms with van der Waals surface area (Å²) in [5, 5.41) is 8.91. The van der Waals surface area contributed by atoms with Gasteiger partial charge in [-0.15, -0.1) is 10.2 Å². The second-order valence-electron chi connectivity index (χ2n) is 6.05. The highest BCUT2D eigenvalue weighted by Gasteiger charge is 2.16. The van der Waals surface area contributed by atoms with Gasteiger partial charge in [0.15, 0.2) is 5.82 Å². The molecule has 0 spiro atoms. The fraction of sp³-hybridized carbons (Fsp3) is 0.250. The van der Waals surface area contributed by atoms with Gasteiger partial charge in [0.05, 0.1) is 19.8 Å². The molecule has 0 bridgehead atoms. The van der Waals surface area contributed by atoms with Gasteiger partial charge in [-0.2, -0.15) is 0 Å². The van der Waals surface area contributed by atoms with Crippen LogP contribution < -0.4 is 0 Å². The summed E-state index contributed by atoms with van der Waals surface area (Å²) in [7, 11) is 0. The SMILES string of the molecule is c1ccc(-c2nnc(CN3CCOCC3)nc2-c2ccccc2)cc1. The molecular formula is C20H20N4O. The first-order chi connectivity index (χ1) is 12.4. The van der Waals surface area contributed by atoms with Crippen molar-refractivity contribution in [3.05, 3.63) is 66.5 Å². The lowest BCUT2D eigenvalue weighted by Crippen LogP contribution is -2.36. The summed E-state index contributed by atoms with van der Waals surface area (Å²) in [5.74, 6) is 0.750. The summed E-state index contributed by atoms with van der Waals surface area (Å²) in [6.07, 6.45) is 0. The van der Waals surface area contributed by atoms with Gasteiger partial charge in [-0.3, -0.25) is 4.90 Å². The van der Waals surface area contributed by atoms with Crippen LogP contribution in [0.4, 0.5) is 0 Å². The number of ether oxygens (including phenoxy) is 1. The van der Waals surface area contributed by atoms with E-state index >= 15 is 0 Å². The molecule has 0 unspecified atom stereocenters. The fourth-order valence-corrected chi connectivity index (χ4v) is 2.97. The monoisotopic (exact) mass is 332 g/mol. The minimum Gasteiger partial charge on any atom is -0.379 e. The predicted octanol–water partition coefficient (Wildman–Crippen LogP) is 3.04. The average molecular weight is 332 g/mol. The molecule has 5 nitrogen and oxygen atoms in total. The molecule has 0 radical (unpaired) electrons. The topological polar surface area (TPSA) is 51.1 Å². The van der Waals surface area contributed by atoms with Gasteiger partial charge in [0.25, 0.3) is 0 Å². The normalized spacial score (nSPS) is 15.2. The van der Waals surface area contributed by atoms with Crippen LogP contribution in [-0.2, 0) is 11.3 Å². The van der Waals surface area contributed by atoms with Crippen LogP contribution in [0.1, 0.15) is 5.82 Å². The van der Waals surface area contributed by atoms with Crippen LogP contribution in [0.15, 0.2) is 60.7 Å². The molecular weight excluding hydrogens is 312 g/mol. The summed E-state index contributed by atoms with van der Waals surface area (Å²) in [6.45, 7) is 4.04. The lowest BCUT2D eigenvalue weighted by molar-refractivity contribution is 0.0329. The van der Waals surface area contributed by atoms with Crippen LogP contribution in [0.3, 0.4) is 0 Å². The van der Waals surface area contributed by atoms with Gasteiger partial charge in [0.1, 0.15) is 11.4 Å². The Hall–Kier alpha value is -2.63. The van der Waals surface area contributed by atoms with Crippen molar-refractivity contribution in [1.82, 2.24) is 20.1 Å². The van der Waals surface area contributed by atoms with Crippen LogP contribution in [0, 0.1) is 0 Å². The van der Waals surface area contributed by atoms with E-state index in [0.29, 0.717) is 6.54 Å². The second kappa shape index (κ2) is 7.51.